The minimum atomic E-state index is -3.97. The number of β-lactam (4-membered cyclic amide) rings is 1. The van der Waals surface area contributed by atoms with Crippen LogP contribution in [0.1, 0.15) is 18.5 Å². The molecule has 1 aromatic carbocycles. The molecular formula is C20H24N7O8PS2. The van der Waals surface area contributed by atoms with Gasteiger partial charge in [0.1, 0.15) is 35.2 Å². The lowest BCUT2D eigenvalue weighted by molar-refractivity contribution is -0.150. The van der Waals surface area contributed by atoms with Gasteiger partial charge in [0.05, 0.1) is 6.61 Å². The number of nitrogens with two attached hydrogens (primary N) is 1. The summed E-state index contributed by atoms with van der Waals surface area (Å²) in [6, 6.07) is 3.72. The number of carbonyl (C=O) groups excluding carboxylic acids is 2. The molecule has 4 atom stereocenters. The highest BCUT2D eigenvalue weighted by Gasteiger charge is 2.54. The van der Waals surface area contributed by atoms with Crippen molar-refractivity contribution < 1.29 is 38.6 Å². The number of aliphatic carboxylic acids is 1. The number of tetrazole rings is 1. The van der Waals surface area contributed by atoms with Gasteiger partial charge in [0.15, 0.2) is 0 Å². The van der Waals surface area contributed by atoms with Gasteiger partial charge >= 0.3 is 13.6 Å². The van der Waals surface area contributed by atoms with Gasteiger partial charge in [-0.15, -0.1) is 16.9 Å². The Morgan fingerprint density at radius 1 is 1.37 bits per heavy atom. The number of rotatable bonds is 11. The number of nitrogens with zero attached hydrogens (tertiary/aromatic N) is 5. The van der Waals surface area contributed by atoms with E-state index in [2.05, 4.69) is 20.8 Å². The van der Waals surface area contributed by atoms with E-state index in [9.17, 15) is 34.1 Å². The van der Waals surface area contributed by atoms with E-state index in [1.165, 1.54) is 36.0 Å². The molecule has 0 bridgehead atoms. The second-order valence-corrected chi connectivity index (χ2v) is 12.0. The molecule has 0 spiro atoms. The number of hydrogen-bond acceptors (Lipinski definition) is 12. The zero-order valence-electron chi connectivity index (χ0n) is 19.8. The van der Waals surface area contributed by atoms with E-state index in [0.717, 1.165) is 21.3 Å². The Morgan fingerprint density at radius 3 is 2.74 bits per heavy atom. The van der Waals surface area contributed by atoms with Crippen molar-refractivity contribution in [2.75, 3.05) is 18.1 Å². The Labute approximate surface area is 224 Å². The predicted octanol–water partition coefficient (Wildman–Crippen LogP) is 0.0888. The number of hydrogen-bond donors (Lipinski definition) is 5. The van der Waals surface area contributed by atoms with Crippen LogP contribution in [0.3, 0.4) is 0 Å². The van der Waals surface area contributed by atoms with Crippen LogP contribution in [0.2, 0.25) is 0 Å². The summed E-state index contributed by atoms with van der Waals surface area (Å²) in [7, 11) is -3.97. The van der Waals surface area contributed by atoms with Gasteiger partial charge in [-0.1, -0.05) is 23.9 Å². The molecule has 2 aromatic rings. The lowest BCUT2D eigenvalue weighted by Crippen LogP contribution is -2.71. The predicted molar refractivity (Wildman–Crippen MR) is 135 cm³/mol. The molecule has 204 valence electrons. The van der Waals surface area contributed by atoms with Gasteiger partial charge in [0.2, 0.25) is 11.1 Å². The number of benzene rings is 1. The van der Waals surface area contributed by atoms with Gasteiger partial charge in [-0.3, -0.25) is 19.1 Å². The van der Waals surface area contributed by atoms with Crippen LogP contribution < -0.4 is 11.1 Å². The van der Waals surface area contributed by atoms with E-state index >= 15 is 0 Å². The minimum Gasteiger partial charge on any atom is -0.508 e. The highest BCUT2D eigenvalue weighted by molar-refractivity contribution is 8.01. The number of carboxylic acid groups (broad SMARTS) is 1. The molecule has 2 amide bonds. The number of amides is 2. The van der Waals surface area contributed by atoms with Crippen molar-refractivity contribution in [3.63, 3.8) is 0 Å². The molecule has 1 saturated heterocycles. The lowest BCUT2D eigenvalue weighted by atomic mass is 10.0. The van der Waals surface area contributed by atoms with Crippen molar-refractivity contribution in [1.82, 2.24) is 30.4 Å². The number of phenols is 1. The molecular weight excluding hydrogens is 561 g/mol. The molecule has 2 aliphatic heterocycles. The molecule has 0 aliphatic carbocycles. The number of carboxylic acids is 1. The van der Waals surface area contributed by atoms with Crippen LogP contribution in [0.25, 0.3) is 0 Å². The Bertz CT molecular complexity index is 1320. The van der Waals surface area contributed by atoms with E-state index in [1.807, 2.05) is 0 Å². The first kappa shape index (κ1) is 28.1. The summed E-state index contributed by atoms with van der Waals surface area (Å²) in [4.78, 5) is 48.7. The van der Waals surface area contributed by atoms with Crippen molar-refractivity contribution >= 4 is 48.9 Å². The van der Waals surface area contributed by atoms with Crippen LogP contribution in [-0.4, -0.2) is 87.5 Å². The monoisotopic (exact) mass is 585 g/mol. The highest BCUT2D eigenvalue weighted by atomic mass is 32.2. The average Bonchev–Trinajstić information content (AvgIpc) is 3.30. The summed E-state index contributed by atoms with van der Waals surface area (Å²) in [5, 5.41) is 32.4. The van der Waals surface area contributed by atoms with Crippen LogP contribution >= 0.6 is 31.1 Å². The second-order valence-electron chi connectivity index (χ2n) is 8.17. The molecule has 4 rings (SSSR count). The molecule has 1 aromatic heterocycles. The fraction of sp³-hybridized carbons (Fsp3) is 0.400. The number of phenolic OH excluding ortho intramolecular Hbond substituents is 1. The third-order valence-electron chi connectivity index (χ3n) is 5.60. The third kappa shape index (κ3) is 5.87. The summed E-state index contributed by atoms with van der Waals surface area (Å²) >= 11 is 2.33. The van der Waals surface area contributed by atoms with Gasteiger partial charge in [-0.05, 0) is 40.6 Å². The largest absolute Gasteiger partial charge is 0.508 e. The molecule has 38 heavy (non-hydrogen) atoms. The zero-order chi connectivity index (χ0) is 27.6. The number of fused-ring (bicyclic) bond motifs is 1. The van der Waals surface area contributed by atoms with E-state index in [-0.39, 0.29) is 34.7 Å². The summed E-state index contributed by atoms with van der Waals surface area (Å²) in [5.41, 5.74) is 6.66. The normalized spacial score (nSPS) is 21.3. The van der Waals surface area contributed by atoms with Crippen LogP contribution in [0.5, 0.6) is 5.75 Å². The van der Waals surface area contributed by atoms with E-state index in [0.29, 0.717) is 11.1 Å². The van der Waals surface area contributed by atoms with E-state index in [4.69, 9.17) is 10.3 Å². The van der Waals surface area contributed by atoms with Crippen LogP contribution in [0, 0.1) is 0 Å². The van der Waals surface area contributed by atoms with Gasteiger partial charge in [-0.2, -0.15) is 0 Å². The van der Waals surface area contributed by atoms with E-state index < -0.39 is 49.1 Å². The van der Waals surface area contributed by atoms with Crippen molar-refractivity contribution in [2.45, 2.75) is 35.8 Å². The lowest BCUT2D eigenvalue weighted by Gasteiger charge is -2.49. The smallest absolute Gasteiger partial charge is 0.352 e. The summed E-state index contributed by atoms with van der Waals surface area (Å²) < 4.78 is 18.0. The Balaban J connectivity index is 1.43. The van der Waals surface area contributed by atoms with E-state index in [1.54, 1.807) is 6.92 Å². The van der Waals surface area contributed by atoms with Crippen LogP contribution in [0.4, 0.5) is 0 Å². The van der Waals surface area contributed by atoms with Gasteiger partial charge < -0.3 is 30.7 Å². The highest BCUT2D eigenvalue weighted by Crippen LogP contribution is 2.44. The second kappa shape index (κ2) is 11.4. The van der Waals surface area contributed by atoms with Crippen molar-refractivity contribution in [3.8, 4) is 5.75 Å². The maximum absolute atomic E-state index is 12.9. The Morgan fingerprint density at radius 2 is 2.08 bits per heavy atom. The standard InChI is InChI=1S/C20H24N7O8PS2/c1-2-35-36(33,34)9-26-20(23-24-25-26)38-8-11-7-37-18-14(17(30)27(18)15(11)19(31)32)22-16(29)13(21)10-3-5-12(28)6-4-10/h3-6,13-14,18,28H,2,7-9,21H2,1H3,(H,22,29)(H,31,32)(H,33,34)/t13?,14-,18-/m1/s1. The number of carbonyl (C=O) groups is 3. The topological polar surface area (TPSA) is 223 Å². The fourth-order valence-corrected chi connectivity index (χ4v) is 7.29. The molecule has 2 aliphatic rings. The minimum absolute atomic E-state index is 0.0159. The molecule has 3 heterocycles. The first-order chi connectivity index (χ1) is 18.0. The van der Waals surface area contributed by atoms with Crippen molar-refractivity contribution in [3.05, 3.63) is 41.1 Å². The van der Waals surface area contributed by atoms with Crippen LogP contribution in [-0.2, 0) is 29.8 Å². The summed E-state index contributed by atoms with van der Waals surface area (Å²) in [6.07, 6.45) is -0.476. The average molecular weight is 586 g/mol. The number of aromatic hydroxyl groups is 1. The summed E-state index contributed by atoms with van der Waals surface area (Å²) in [6.45, 7) is 1.60. The molecule has 2 unspecified atom stereocenters. The first-order valence-corrected chi connectivity index (χ1v) is 14.9. The van der Waals surface area contributed by atoms with Crippen molar-refractivity contribution in [1.29, 1.82) is 0 Å². The zero-order valence-corrected chi connectivity index (χ0v) is 22.4. The van der Waals surface area contributed by atoms with Gasteiger partial charge in [0.25, 0.3) is 5.91 Å². The number of aromatic nitrogens is 4. The first-order valence-electron chi connectivity index (χ1n) is 11.1. The molecule has 6 N–H and O–H groups in total. The fourth-order valence-electron chi connectivity index (χ4n) is 3.82. The maximum Gasteiger partial charge on any atom is 0.352 e. The Hall–Kier alpha value is -2.95. The summed E-state index contributed by atoms with van der Waals surface area (Å²) in [5.74, 6) is -2.15. The quantitative estimate of drug-likeness (QED) is 0.134. The molecule has 1 fully saturated rings. The van der Waals surface area contributed by atoms with Gasteiger partial charge in [-0.25, -0.2) is 9.48 Å². The molecule has 0 saturated carbocycles. The Kier molecular flexibility index (Phi) is 8.44. The number of nitrogens with one attached hydrogen (secondary N) is 1. The van der Waals surface area contributed by atoms with Crippen LogP contribution in [0.15, 0.2) is 40.7 Å². The maximum atomic E-state index is 12.9. The molecule has 18 heteroatoms. The number of thioether (sulfide) groups is 2. The SMILES string of the molecule is CCOP(=O)(O)Cn1nnnc1SCC1=C(C(=O)O)N2C(=O)[C@@H](NC(=O)C(N)c3ccc(O)cc3)[C@H]2SC1. The molecule has 15 nitrogen and oxygen atoms in total. The third-order valence-corrected chi connectivity index (χ3v) is 9.27. The molecule has 0 radical (unpaired) electrons. The van der Waals surface area contributed by atoms with Gasteiger partial charge in [0, 0.05) is 11.5 Å². The van der Waals surface area contributed by atoms with Crippen molar-refractivity contribution in [2.24, 2.45) is 5.73 Å².